The Bertz CT molecular complexity index is 161. The van der Waals surface area contributed by atoms with E-state index in [0.717, 1.165) is 25.9 Å². The summed E-state index contributed by atoms with van der Waals surface area (Å²) in [5.74, 6) is 0.306. The summed E-state index contributed by atoms with van der Waals surface area (Å²) in [6.07, 6.45) is 2.15. The second-order valence-electron chi connectivity index (χ2n) is 3.23. The molecule has 4 heteroatoms. The van der Waals surface area contributed by atoms with Crippen LogP contribution in [0.2, 0.25) is 0 Å². The summed E-state index contributed by atoms with van der Waals surface area (Å²) in [6.45, 7) is 2.09. The molecular weight excluding hydrogens is 175 g/mol. The predicted molar refractivity (Wildman–Crippen MR) is 51.9 cm³/mol. The van der Waals surface area contributed by atoms with Gasteiger partial charge in [0.1, 0.15) is 6.67 Å². The van der Waals surface area contributed by atoms with Gasteiger partial charge in [0.25, 0.3) is 0 Å². The lowest BCUT2D eigenvalue weighted by molar-refractivity contribution is 0.190. The Morgan fingerprint density at radius 1 is 1.67 bits per heavy atom. The van der Waals surface area contributed by atoms with Crippen LogP contribution in [0, 0.1) is 5.92 Å². The lowest BCUT2D eigenvalue weighted by Gasteiger charge is -2.31. The summed E-state index contributed by atoms with van der Waals surface area (Å²) < 4.78 is 12.0. The molecule has 1 unspecified atom stereocenters. The summed E-state index contributed by atoms with van der Waals surface area (Å²) in [5.41, 5.74) is 5.54. The summed E-state index contributed by atoms with van der Waals surface area (Å²) in [5, 5.41) is 0. The maximum atomic E-state index is 12.0. The van der Waals surface area contributed by atoms with Gasteiger partial charge in [-0.25, -0.2) is 4.39 Å². The Morgan fingerprint density at radius 2 is 2.42 bits per heavy atom. The van der Waals surface area contributed by atoms with E-state index in [4.69, 9.17) is 18.0 Å². The average Bonchev–Trinajstić information content (AvgIpc) is 2.05. The predicted octanol–water partition coefficient (Wildman–Crippen LogP) is 0.954. The van der Waals surface area contributed by atoms with Crippen LogP contribution in [0.15, 0.2) is 0 Å². The van der Waals surface area contributed by atoms with E-state index in [9.17, 15) is 4.39 Å². The van der Waals surface area contributed by atoms with Crippen molar-refractivity contribution in [1.29, 1.82) is 0 Å². The van der Waals surface area contributed by atoms with Crippen LogP contribution in [-0.4, -0.2) is 36.2 Å². The monoisotopic (exact) mass is 190 g/mol. The zero-order chi connectivity index (χ0) is 8.97. The van der Waals surface area contributed by atoms with E-state index in [0.29, 0.717) is 17.5 Å². The van der Waals surface area contributed by atoms with E-state index >= 15 is 0 Å². The Kier molecular flexibility index (Phi) is 3.88. The SMILES string of the molecule is NC(=S)C1CCCN(CCF)C1. The molecule has 1 aliphatic rings. The molecule has 1 heterocycles. The Balaban J connectivity index is 2.35. The molecule has 1 aliphatic heterocycles. The zero-order valence-corrected chi connectivity index (χ0v) is 7.95. The van der Waals surface area contributed by atoms with Gasteiger partial charge in [0.2, 0.25) is 0 Å². The van der Waals surface area contributed by atoms with E-state index in [1.54, 1.807) is 0 Å². The first-order valence-electron chi connectivity index (χ1n) is 4.31. The second-order valence-corrected chi connectivity index (χ2v) is 3.70. The lowest BCUT2D eigenvalue weighted by Crippen LogP contribution is -2.41. The highest BCUT2D eigenvalue weighted by Crippen LogP contribution is 2.16. The van der Waals surface area contributed by atoms with Crippen molar-refractivity contribution >= 4 is 17.2 Å². The highest BCUT2D eigenvalue weighted by Gasteiger charge is 2.20. The van der Waals surface area contributed by atoms with Crippen molar-refractivity contribution in [3.05, 3.63) is 0 Å². The van der Waals surface area contributed by atoms with Crippen molar-refractivity contribution in [2.45, 2.75) is 12.8 Å². The molecule has 12 heavy (non-hydrogen) atoms. The molecule has 0 aliphatic carbocycles. The minimum atomic E-state index is -0.274. The first kappa shape index (κ1) is 9.86. The number of alkyl halides is 1. The summed E-state index contributed by atoms with van der Waals surface area (Å²) >= 11 is 4.91. The molecule has 0 amide bonds. The molecule has 0 aromatic carbocycles. The van der Waals surface area contributed by atoms with Crippen LogP contribution in [0.1, 0.15) is 12.8 Å². The van der Waals surface area contributed by atoms with Gasteiger partial charge in [-0.1, -0.05) is 12.2 Å². The second kappa shape index (κ2) is 4.72. The van der Waals surface area contributed by atoms with Crippen LogP contribution in [0.3, 0.4) is 0 Å². The molecule has 0 bridgehead atoms. The molecule has 2 N–H and O–H groups in total. The van der Waals surface area contributed by atoms with Gasteiger partial charge in [-0.05, 0) is 19.4 Å². The van der Waals surface area contributed by atoms with Crippen LogP contribution in [-0.2, 0) is 0 Å². The first-order valence-corrected chi connectivity index (χ1v) is 4.72. The van der Waals surface area contributed by atoms with Crippen LogP contribution in [0.4, 0.5) is 4.39 Å². The van der Waals surface area contributed by atoms with Crippen LogP contribution in [0.25, 0.3) is 0 Å². The fraction of sp³-hybridized carbons (Fsp3) is 0.875. The van der Waals surface area contributed by atoms with Gasteiger partial charge >= 0.3 is 0 Å². The number of nitrogens with zero attached hydrogens (tertiary/aromatic N) is 1. The van der Waals surface area contributed by atoms with Crippen LogP contribution < -0.4 is 5.73 Å². The number of likely N-dealkylation sites (tertiary alicyclic amines) is 1. The zero-order valence-electron chi connectivity index (χ0n) is 7.13. The molecule has 0 saturated carbocycles. The number of piperidine rings is 1. The molecular formula is C8H15FN2S. The maximum absolute atomic E-state index is 12.0. The fourth-order valence-electron chi connectivity index (χ4n) is 1.61. The van der Waals surface area contributed by atoms with Gasteiger partial charge in [0.15, 0.2) is 0 Å². The van der Waals surface area contributed by atoms with Gasteiger partial charge in [0.05, 0.1) is 4.99 Å². The van der Waals surface area contributed by atoms with E-state index in [1.165, 1.54) is 0 Å². The lowest BCUT2D eigenvalue weighted by atomic mass is 9.98. The molecule has 0 spiro atoms. The van der Waals surface area contributed by atoms with Gasteiger partial charge < -0.3 is 10.6 Å². The highest BCUT2D eigenvalue weighted by atomic mass is 32.1. The highest BCUT2D eigenvalue weighted by molar-refractivity contribution is 7.80. The molecule has 1 fully saturated rings. The summed E-state index contributed by atoms with van der Waals surface area (Å²) in [7, 11) is 0. The average molecular weight is 190 g/mol. The summed E-state index contributed by atoms with van der Waals surface area (Å²) in [4.78, 5) is 2.67. The van der Waals surface area contributed by atoms with Crippen molar-refractivity contribution in [2.75, 3.05) is 26.3 Å². The van der Waals surface area contributed by atoms with E-state index < -0.39 is 0 Å². The van der Waals surface area contributed by atoms with Crippen LogP contribution in [0.5, 0.6) is 0 Å². The molecule has 1 rings (SSSR count). The number of thiocarbonyl (C=S) groups is 1. The van der Waals surface area contributed by atoms with Gasteiger partial charge in [-0.2, -0.15) is 0 Å². The van der Waals surface area contributed by atoms with E-state index in [2.05, 4.69) is 4.90 Å². The number of nitrogens with two attached hydrogens (primary N) is 1. The molecule has 0 aromatic rings. The van der Waals surface area contributed by atoms with Crippen LogP contribution >= 0.6 is 12.2 Å². The minimum Gasteiger partial charge on any atom is -0.393 e. The van der Waals surface area contributed by atoms with Crippen molar-refractivity contribution < 1.29 is 4.39 Å². The number of halogens is 1. The Morgan fingerprint density at radius 3 is 3.00 bits per heavy atom. The standard InChI is InChI=1S/C8H15FN2S/c9-3-5-11-4-1-2-7(6-11)8(10)12/h7H,1-6H2,(H2,10,12). The third kappa shape index (κ3) is 2.68. The number of hydrogen-bond donors (Lipinski definition) is 1. The molecule has 1 saturated heterocycles. The van der Waals surface area contributed by atoms with E-state index in [-0.39, 0.29) is 6.67 Å². The van der Waals surface area contributed by atoms with Gasteiger partial charge in [-0.15, -0.1) is 0 Å². The molecule has 1 atom stereocenters. The van der Waals surface area contributed by atoms with Crippen molar-refractivity contribution in [3.8, 4) is 0 Å². The molecule has 0 radical (unpaired) electrons. The Labute approximate surface area is 77.9 Å². The van der Waals surface area contributed by atoms with Crippen molar-refractivity contribution in [2.24, 2.45) is 11.7 Å². The largest absolute Gasteiger partial charge is 0.393 e. The third-order valence-corrected chi connectivity index (χ3v) is 2.64. The van der Waals surface area contributed by atoms with Crippen molar-refractivity contribution in [3.63, 3.8) is 0 Å². The smallest absolute Gasteiger partial charge is 0.102 e. The normalized spacial score (nSPS) is 25.6. The number of rotatable bonds is 3. The molecule has 70 valence electrons. The van der Waals surface area contributed by atoms with Gasteiger partial charge in [-0.3, -0.25) is 0 Å². The Hall–Kier alpha value is -0.220. The van der Waals surface area contributed by atoms with Gasteiger partial charge in [0, 0.05) is 19.0 Å². The maximum Gasteiger partial charge on any atom is 0.102 e. The summed E-state index contributed by atoms with van der Waals surface area (Å²) in [6, 6.07) is 0. The quantitative estimate of drug-likeness (QED) is 0.672. The minimum absolute atomic E-state index is 0.274. The van der Waals surface area contributed by atoms with Crippen molar-refractivity contribution in [1.82, 2.24) is 4.90 Å². The topological polar surface area (TPSA) is 29.3 Å². The number of hydrogen-bond acceptors (Lipinski definition) is 2. The molecule has 0 aromatic heterocycles. The third-order valence-electron chi connectivity index (χ3n) is 2.31. The fourth-order valence-corrected chi connectivity index (χ4v) is 1.80. The first-order chi connectivity index (χ1) is 5.74. The van der Waals surface area contributed by atoms with E-state index in [1.807, 2.05) is 0 Å². The molecule has 2 nitrogen and oxygen atoms in total.